The van der Waals surface area contributed by atoms with E-state index in [0.717, 1.165) is 0 Å². The van der Waals surface area contributed by atoms with Crippen LogP contribution in [0, 0.1) is 0 Å². The Kier molecular flexibility index (Phi) is 2.52. The van der Waals surface area contributed by atoms with Gasteiger partial charge in [0.15, 0.2) is 9.84 Å². The highest BCUT2D eigenvalue weighted by Crippen LogP contribution is 2.16. The van der Waals surface area contributed by atoms with Crippen molar-refractivity contribution in [3.8, 4) is 0 Å². The number of ether oxygens (including phenoxy) is 1. The summed E-state index contributed by atoms with van der Waals surface area (Å²) >= 11 is 0. The Morgan fingerprint density at radius 2 is 2.25 bits per heavy atom. The first-order chi connectivity index (χ1) is 5.53. The number of methoxy groups -OCH3 is 1. The average molecular weight is 190 g/mol. The topological polar surface area (TPSA) is 60.4 Å². The van der Waals surface area contributed by atoms with Crippen molar-refractivity contribution in [2.75, 3.05) is 18.6 Å². The van der Waals surface area contributed by atoms with Gasteiger partial charge in [-0.3, -0.25) is 0 Å². The van der Waals surface area contributed by atoms with Crippen molar-refractivity contribution in [1.29, 1.82) is 0 Å². The zero-order chi connectivity index (χ0) is 9.19. The number of carbonyl (C=O) groups is 1. The number of sulfone groups is 1. The van der Waals surface area contributed by atoms with E-state index in [2.05, 4.69) is 4.74 Å². The Bertz CT molecular complexity index is 312. The van der Waals surface area contributed by atoms with E-state index in [1.54, 1.807) is 0 Å². The summed E-state index contributed by atoms with van der Waals surface area (Å²) in [6.07, 6.45) is 1.71. The second kappa shape index (κ2) is 3.26. The fourth-order valence-corrected chi connectivity index (χ4v) is 2.56. The zero-order valence-electron chi connectivity index (χ0n) is 6.74. The van der Waals surface area contributed by atoms with E-state index in [-0.39, 0.29) is 11.5 Å². The number of hydrogen-bond acceptors (Lipinski definition) is 4. The van der Waals surface area contributed by atoms with Crippen LogP contribution >= 0.6 is 0 Å². The molecular weight excluding hydrogens is 180 g/mol. The molecule has 5 heteroatoms. The Hall–Kier alpha value is -0.840. The van der Waals surface area contributed by atoms with Crippen molar-refractivity contribution >= 4 is 15.8 Å². The molecule has 1 saturated heterocycles. The molecule has 0 radical (unpaired) electrons. The monoisotopic (exact) mass is 190 g/mol. The minimum Gasteiger partial charge on any atom is -0.466 e. The van der Waals surface area contributed by atoms with Crippen molar-refractivity contribution in [3.63, 3.8) is 0 Å². The molecule has 0 unspecified atom stereocenters. The van der Waals surface area contributed by atoms with E-state index in [4.69, 9.17) is 0 Å². The molecule has 12 heavy (non-hydrogen) atoms. The normalized spacial score (nSPS) is 24.2. The number of esters is 1. The van der Waals surface area contributed by atoms with Gasteiger partial charge in [0.05, 0.1) is 18.6 Å². The van der Waals surface area contributed by atoms with Gasteiger partial charge in [0.2, 0.25) is 0 Å². The van der Waals surface area contributed by atoms with Crippen LogP contribution in [0.3, 0.4) is 0 Å². The molecule has 0 aromatic rings. The van der Waals surface area contributed by atoms with Gasteiger partial charge in [0.25, 0.3) is 0 Å². The van der Waals surface area contributed by atoms with E-state index in [1.165, 1.54) is 13.2 Å². The van der Waals surface area contributed by atoms with Crippen molar-refractivity contribution in [1.82, 2.24) is 0 Å². The van der Waals surface area contributed by atoms with Crippen LogP contribution in [0.1, 0.15) is 6.42 Å². The maximum absolute atomic E-state index is 10.9. The molecular formula is C7H10O4S. The molecule has 1 rings (SSSR count). The molecule has 0 bridgehead atoms. The number of hydrogen-bond donors (Lipinski definition) is 0. The van der Waals surface area contributed by atoms with E-state index in [9.17, 15) is 13.2 Å². The molecule has 0 atom stereocenters. The molecule has 0 spiro atoms. The van der Waals surface area contributed by atoms with Crippen molar-refractivity contribution < 1.29 is 17.9 Å². The Morgan fingerprint density at radius 1 is 1.58 bits per heavy atom. The fraction of sp³-hybridized carbons (Fsp3) is 0.571. The third-order valence-electron chi connectivity index (χ3n) is 1.66. The third kappa shape index (κ3) is 2.34. The second-order valence-corrected chi connectivity index (χ2v) is 4.85. The van der Waals surface area contributed by atoms with Gasteiger partial charge in [-0.2, -0.15) is 0 Å². The summed E-state index contributed by atoms with van der Waals surface area (Å²) in [6.45, 7) is 0. The van der Waals surface area contributed by atoms with E-state index in [0.29, 0.717) is 12.0 Å². The third-order valence-corrected chi connectivity index (χ3v) is 3.30. The molecule has 0 aromatic carbocycles. The smallest absolute Gasteiger partial charge is 0.330 e. The van der Waals surface area contributed by atoms with Gasteiger partial charge in [0.1, 0.15) is 0 Å². The fourth-order valence-electron chi connectivity index (χ4n) is 1.05. The number of rotatable bonds is 1. The van der Waals surface area contributed by atoms with Gasteiger partial charge < -0.3 is 4.74 Å². The lowest BCUT2D eigenvalue weighted by atomic mass is 10.2. The Morgan fingerprint density at radius 3 is 2.67 bits per heavy atom. The molecule has 1 heterocycles. The molecule has 68 valence electrons. The lowest BCUT2D eigenvalue weighted by Gasteiger charge is -1.92. The van der Waals surface area contributed by atoms with Gasteiger partial charge in [-0.25, -0.2) is 13.2 Å². The summed E-state index contributed by atoms with van der Waals surface area (Å²) in [7, 11) is -1.66. The molecule has 4 nitrogen and oxygen atoms in total. The molecule has 0 saturated carbocycles. The Balaban J connectivity index is 2.70. The van der Waals surface area contributed by atoms with Gasteiger partial charge >= 0.3 is 5.97 Å². The van der Waals surface area contributed by atoms with Gasteiger partial charge in [-0.1, -0.05) is 0 Å². The van der Waals surface area contributed by atoms with E-state index >= 15 is 0 Å². The molecule has 1 aliphatic rings. The van der Waals surface area contributed by atoms with Crippen LogP contribution in [0.4, 0.5) is 0 Å². The van der Waals surface area contributed by atoms with E-state index in [1.807, 2.05) is 0 Å². The quantitative estimate of drug-likeness (QED) is 0.428. The molecule has 0 aromatic heterocycles. The van der Waals surface area contributed by atoms with Crippen molar-refractivity contribution in [2.45, 2.75) is 6.42 Å². The van der Waals surface area contributed by atoms with Crippen LogP contribution in [-0.2, 0) is 19.4 Å². The summed E-state index contributed by atoms with van der Waals surface area (Å²) in [6, 6.07) is 0. The Labute approximate surface area is 71.1 Å². The largest absolute Gasteiger partial charge is 0.466 e. The molecule has 0 N–H and O–H groups in total. The molecule has 1 fully saturated rings. The van der Waals surface area contributed by atoms with Crippen molar-refractivity contribution in [3.05, 3.63) is 11.6 Å². The van der Waals surface area contributed by atoms with Crippen LogP contribution < -0.4 is 0 Å². The average Bonchev–Trinajstić information content (AvgIpc) is 2.30. The minimum absolute atomic E-state index is 0.00208. The molecule has 0 aliphatic carbocycles. The first-order valence-corrected chi connectivity index (χ1v) is 5.33. The van der Waals surface area contributed by atoms with Crippen LogP contribution in [0.25, 0.3) is 0 Å². The van der Waals surface area contributed by atoms with Gasteiger partial charge in [0, 0.05) is 6.08 Å². The highest BCUT2D eigenvalue weighted by molar-refractivity contribution is 7.91. The lowest BCUT2D eigenvalue weighted by molar-refractivity contribution is -0.134. The number of carbonyl (C=O) groups excluding carboxylic acids is 1. The van der Waals surface area contributed by atoms with E-state index < -0.39 is 15.8 Å². The summed E-state index contributed by atoms with van der Waals surface area (Å²) in [5.41, 5.74) is 0.641. The van der Waals surface area contributed by atoms with Gasteiger partial charge in [-0.15, -0.1) is 0 Å². The predicted molar refractivity (Wildman–Crippen MR) is 43.4 cm³/mol. The highest BCUT2D eigenvalue weighted by Gasteiger charge is 2.22. The van der Waals surface area contributed by atoms with Crippen LogP contribution in [-0.4, -0.2) is 33.0 Å². The van der Waals surface area contributed by atoms with Gasteiger partial charge in [-0.05, 0) is 12.0 Å². The van der Waals surface area contributed by atoms with Crippen molar-refractivity contribution in [2.24, 2.45) is 0 Å². The predicted octanol–water partition coefficient (Wildman–Crippen LogP) is -0.0957. The first kappa shape index (κ1) is 9.25. The summed E-state index contributed by atoms with van der Waals surface area (Å²) in [5, 5.41) is 0. The van der Waals surface area contributed by atoms with Crippen LogP contribution in [0.5, 0.6) is 0 Å². The zero-order valence-corrected chi connectivity index (χ0v) is 7.56. The highest BCUT2D eigenvalue weighted by atomic mass is 32.2. The summed E-state index contributed by atoms with van der Waals surface area (Å²) < 4.78 is 26.2. The maximum Gasteiger partial charge on any atom is 0.330 e. The minimum atomic E-state index is -2.93. The standard InChI is InChI=1S/C7H10O4S/c1-11-7(8)4-6-2-3-12(9,10)5-6/h4H,2-3,5H2,1H3/b6-4-. The summed E-state index contributed by atoms with van der Waals surface area (Å²) in [5.74, 6) is -0.333. The SMILES string of the molecule is COC(=O)/C=C1/CCS(=O)(=O)C1. The molecule has 0 amide bonds. The first-order valence-electron chi connectivity index (χ1n) is 3.51. The summed E-state index contributed by atoms with van der Waals surface area (Å²) in [4.78, 5) is 10.7. The second-order valence-electron chi connectivity index (χ2n) is 2.67. The molecule has 1 aliphatic heterocycles. The maximum atomic E-state index is 10.9. The van der Waals surface area contributed by atoms with Crippen LogP contribution in [0.15, 0.2) is 11.6 Å². The van der Waals surface area contributed by atoms with Crippen LogP contribution in [0.2, 0.25) is 0 Å². The lowest BCUT2D eigenvalue weighted by Crippen LogP contribution is -2.01.